The first-order chi connectivity index (χ1) is 15.5. The molecule has 0 atom stereocenters. The van der Waals surface area contributed by atoms with Gasteiger partial charge in [-0.2, -0.15) is 0 Å². The summed E-state index contributed by atoms with van der Waals surface area (Å²) in [5.41, 5.74) is 5.21. The van der Waals surface area contributed by atoms with Gasteiger partial charge in [0.15, 0.2) is 0 Å². The Hall–Kier alpha value is -1.47. The number of rotatable bonds is 7. The number of anilines is 1. The highest BCUT2D eigenvalue weighted by Gasteiger charge is 2.32. The van der Waals surface area contributed by atoms with Crippen LogP contribution in [0.15, 0.2) is 28.8 Å². The van der Waals surface area contributed by atoms with Crippen LogP contribution in [0.1, 0.15) is 53.5 Å². The zero-order chi connectivity index (χ0) is 24.4. The number of carbonyl (C=O) groups excluding carboxylic acids is 1. The SMILES string of the molecule is C/C(=C/N(I)c1cc(OC(C)C)c(Cl)c2c1CCN(Cc1c(C)cc(C)[nH]c1=O)C2=O)NI. The molecule has 10 heteroatoms. The number of halogens is 3. The van der Waals surface area contributed by atoms with Crippen molar-refractivity contribution in [2.24, 2.45) is 0 Å². The molecular formula is C23H27ClI2N4O3. The van der Waals surface area contributed by atoms with E-state index in [-0.39, 0.29) is 24.1 Å². The van der Waals surface area contributed by atoms with E-state index in [1.165, 1.54) is 0 Å². The van der Waals surface area contributed by atoms with Crippen LogP contribution in [0.25, 0.3) is 0 Å². The van der Waals surface area contributed by atoms with Crippen molar-refractivity contribution >= 4 is 68.9 Å². The number of allylic oxidation sites excluding steroid dienone is 1. The Balaban J connectivity index is 2.08. The molecule has 1 aromatic carbocycles. The minimum absolute atomic E-state index is 0.104. The van der Waals surface area contributed by atoms with Gasteiger partial charge in [-0.15, -0.1) is 0 Å². The lowest BCUT2D eigenvalue weighted by molar-refractivity contribution is 0.0725. The normalized spacial score (nSPS) is 13.9. The Bertz CT molecular complexity index is 1160. The molecular weight excluding hydrogens is 670 g/mol. The molecule has 33 heavy (non-hydrogen) atoms. The highest BCUT2D eigenvalue weighted by molar-refractivity contribution is 14.1. The van der Waals surface area contributed by atoms with E-state index in [0.29, 0.717) is 34.9 Å². The molecule has 1 aliphatic rings. The minimum Gasteiger partial charge on any atom is -0.489 e. The Labute approximate surface area is 226 Å². The van der Waals surface area contributed by atoms with Crippen molar-refractivity contribution in [1.82, 2.24) is 13.4 Å². The Morgan fingerprint density at radius 3 is 2.67 bits per heavy atom. The fourth-order valence-electron chi connectivity index (χ4n) is 3.85. The molecule has 0 aliphatic carbocycles. The van der Waals surface area contributed by atoms with Crippen molar-refractivity contribution in [3.05, 3.63) is 67.4 Å². The number of fused-ring (bicyclic) bond motifs is 1. The molecule has 178 valence electrons. The van der Waals surface area contributed by atoms with E-state index in [1.807, 2.05) is 56.1 Å². The van der Waals surface area contributed by atoms with Crippen molar-refractivity contribution in [3.63, 3.8) is 0 Å². The smallest absolute Gasteiger partial charge is 0.256 e. The van der Waals surface area contributed by atoms with Gasteiger partial charge in [0, 0.05) is 35.8 Å². The van der Waals surface area contributed by atoms with Gasteiger partial charge in [-0.05, 0) is 58.2 Å². The Morgan fingerprint density at radius 2 is 2.06 bits per heavy atom. The molecule has 1 aliphatic heterocycles. The first-order valence-corrected chi connectivity index (χ1v) is 13.0. The van der Waals surface area contributed by atoms with Crippen LogP contribution in [0, 0.1) is 13.8 Å². The largest absolute Gasteiger partial charge is 0.489 e. The number of H-pyrrole nitrogens is 1. The number of pyridine rings is 1. The van der Waals surface area contributed by atoms with E-state index in [4.69, 9.17) is 16.3 Å². The predicted molar refractivity (Wildman–Crippen MR) is 150 cm³/mol. The van der Waals surface area contributed by atoms with Gasteiger partial charge in [-0.3, -0.25) is 12.7 Å². The number of benzene rings is 1. The van der Waals surface area contributed by atoms with Crippen LogP contribution in [-0.2, 0) is 13.0 Å². The van der Waals surface area contributed by atoms with Crippen LogP contribution in [0.4, 0.5) is 5.69 Å². The maximum Gasteiger partial charge on any atom is 0.256 e. The predicted octanol–water partition coefficient (Wildman–Crippen LogP) is 5.59. The third kappa shape index (κ3) is 5.79. The maximum atomic E-state index is 13.6. The lowest BCUT2D eigenvalue weighted by atomic mass is 9.95. The summed E-state index contributed by atoms with van der Waals surface area (Å²) >= 11 is 11.0. The summed E-state index contributed by atoms with van der Waals surface area (Å²) in [5, 5.41) is 0.309. The summed E-state index contributed by atoms with van der Waals surface area (Å²) in [5.74, 6) is 0.267. The summed E-state index contributed by atoms with van der Waals surface area (Å²) in [4.78, 5) is 30.7. The van der Waals surface area contributed by atoms with Gasteiger partial charge >= 0.3 is 0 Å². The van der Waals surface area contributed by atoms with Gasteiger partial charge in [0.2, 0.25) is 0 Å². The molecule has 1 aromatic heterocycles. The second-order valence-electron chi connectivity index (χ2n) is 8.37. The van der Waals surface area contributed by atoms with E-state index in [1.54, 1.807) is 4.90 Å². The number of aryl methyl sites for hydroxylation is 2. The van der Waals surface area contributed by atoms with Gasteiger partial charge in [0.1, 0.15) is 5.75 Å². The van der Waals surface area contributed by atoms with Gasteiger partial charge < -0.3 is 18.2 Å². The maximum absolute atomic E-state index is 13.6. The van der Waals surface area contributed by atoms with Gasteiger partial charge in [0.25, 0.3) is 11.5 Å². The summed E-state index contributed by atoms with van der Waals surface area (Å²) in [6.45, 7) is 10.3. The van der Waals surface area contributed by atoms with Gasteiger partial charge in [0.05, 0.1) is 74.7 Å². The van der Waals surface area contributed by atoms with E-state index in [2.05, 4.69) is 54.2 Å². The van der Waals surface area contributed by atoms with Crippen molar-refractivity contribution in [2.75, 3.05) is 9.66 Å². The molecule has 2 heterocycles. The van der Waals surface area contributed by atoms with Crippen LogP contribution in [0.5, 0.6) is 5.75 Å². The average Bonchev–Trinajstić information content (AvgIpc) is 2.73. The fraction of sp³-hybridized carbons (Fsp3) is 0.391. The van der Waals surface area contributed by atoms with E-state index >= 15 is 0 Å². The standard InChI is InChI=1S/C23H27ClI2N4O3/c1-12(2)33-19-9-18(30(26)10-15(5)28-25)16-6-7-29(23(32)20(16)21(19)24)11-17-13(3)8-14(4)27-22(17)31/h8-10,12,28H,6-7,11H2,1-5H3,(H,27,31)/b15-10-. The van der Waals surface area contributed by atoms with E-state index in [9.17, 15) is 9.59 Å². The molecule has 0 fully saturated rings. The molecule has 0 spiro atoms. The fourth-order valence-corrected chi connectivity index (χ4v) is 5.14. The number of aromatic nitrogens is 1. The first kappa shape index (κ1) is 26.1. The highest BCUT2D eigenvalue weighted by Crippen LogP contribution is 2.42. The van der Waals surface area contributed by atoms with Crippen LogP contribution in [-0.4, -0.2) is 28.4 Å². The topological polar surface area (TPSA) is 77.7 Å². The molecule has 0 radical (unpaired) electrons. The third-order valence-electron chi connectivity index (χ3n) is 5.34. The average molecular weight is 697 g/mol. The third-order valence-corrected chi connectivity index (χ3v) is 7.36. The van der Waals surface area contributed by atoms with Crippen LogP contribution in [0.3, 0.4) is 0 Å². The monoisotopic (exact) mass is 696 g/mol. The molecule has 0 saturated heterocycles. The molecule has 1 amide bonds. The van der Waals surface area contributed by atoms with Crippen molar-refractivity contribution in [3.8, 4) is 5.75 Å². The zero-order valence-corrected chi connectivity index (χ0v) is 24.3. The van der Waals surface area contributed by atoms with Crippen LogP contribution in [0.2, 0.25) is 5.02 Å². The Kier molecular flexibility index (Phi) is 8.60. The minimum atomic E-state index is -0.200. The second kappa shape index (κ2) is 10.9. The van der Waals surface area contributed by atoms with Crippen LogP contribution >= 0.6 is 57.3 Å². The van der Waals surface area contributed by atoms with Crippen molar-refractivity contribution in [2.45, 2.75) is 53.7 Å². The zero-order valence-electron chi connectivity index (χ0n) is 19.2. The first-order valence-electron chi connectivity index (χ1n) is 10.5. The molecule has 3 rings (SSSR count). The molecule has 2 aromatic rings. The van der Waals surface area contributed by atoms with Crippen molar-refractivity contribution in [1.29, 1.82) is 0 Å². The van der Waals surface area contributed by atoms with E-state index < -0.39 is 0 Å². The number of hydrogen-bond acceptors (Lipinski definition) is 5. The van der Waals surface area contributed by atoms with Gasteiger partial charge in [-0.1, -0.05) is 11.6 Å². The van der Waals surface area contributed by atoms with Crippen molar-refractivity contribution < 1.29 is 9.53 Å². The quantitative estimate of drug-likeness (QED) is 0.292. The van der Waals surface area contributed by atoms with Gasteiger partial charge in [-0.25, -0.2) is 0 Å². The van der Waals surface area contributed by atoms with E-state index in [0.717, 1.165) is 28.2 Å². The summed E-state index contributed by atoms with van der Waals surface area (Å²) in [6.07, 6.45) is 2.46. The summed E-state index contributed by atoms with van der Waals surface area (Å²) < 4.78 is 11.0. The lowest BCUT2D eigenvalue weighted by Gasteiger charge is -2.32. The number of carbonyl (C=O) groups is 1. The number of nitrogens with zero attached hydrogens (tertiary/aromatic N) is 2. The lowest BCUT2D eigenvalue weighted by Crippen LogP contribution is -2.39. The highest BCUT2D eigenvalue weighted by atomic mass is 127. The summed E-state index contributed by atoms with van der Waals surface area (Å²) in [6, 6.07) is 3.81. The van der Waals surface area contributed by atoms with Crippen LogP contribution < -0.4 is 16.9 Å². The molecule has 2 N–H and O–H groups in total. The summed E-state index contributed by atoms with van der Waals surface area (Å²) in [7, 11) is 0. The number of ether oxygens (including phenoxy) is 1. The number of nitrogens with one attached hydrogen (secondary N) is 2. The number of aromatic amines is 1. The molecule has 7 nitrogen and oxygen atoms in total. The number of hydrogen-bond donors (Lipinski definition) is 2. The molecule has 0 saturated carbocycles. The second-order valence-corrected chi connectivity index (χ2v) is 10.3. The Morgan fingerprint density at radius 1 is 1.36 bits per heavy atom. The molecule has 0 unspecified atom stereocenters. The molecule has 0 bridgehead atoms. The number of amides is 1.